The lowest BCUT2D eigenvalue weighted by Crippen LogP contribution is -2.47. The molecular weight excluding hydrogens is 263 g/mol. The number of hydrogen-bond acceptors (Lipinski definition) is 3. The maximum absolute atomic E-state index is 13.0. The normalized spacial score (nSPS) is 13.8. The topological polar surface area (TPSA) is 92.4 Å². The number of aliphatic hydroxyl groups excluding tert-OH is 1. The van der Waals surface area contributed by atoms with Crippen molar-refractivity contribution >= 4 is 11.8 Å². The minimum absolute atomic E-state index is 0.150. The summed E-state index contributed by atoms with van der Waals surface area (Å²) in [5, 5.41) is 12.3. The summed E-state index contributed by atoms with van der Waals surface area (Å²) in [4.78, 5) is 22.9. The molecule has 0 heterocycles. The first-order chi connectivity index (χ1) is 9.31. The number of hydrogen-bond donors (Lipinski definition) is 3. The van der Waals surface area contributed by atoms with Crippen molar-refractivity contribution < 1.29 is 19.1 Å². The molecule has 0 spiro atoms. The molecule has 2 amide bonds. The fourth-order valence-electron chi connectivity index (χ4n) is 1.81. The Bertz CT molecular complexity index is 491. The van der Waals surface area contributed by atoms with E-state index in [4.69, 9.17) is 5.73 Å². The molecule has 0 saturated carbocycles. The first-order valence-electron chi connectivity index (χ1n) is 6.33. The van der Waals surface area contributed by atoms with Gasteiger partial charge in [-0.1, -0.05) is 26.0 Å². The fourth-order valence-corrected chi connectivity index (χ4v) is 1.81. The van der Waals surface area contributed by atoms with Crippen molar-refractivity contribution in [1.82, 2.24) is 5.32 Å². The van der Waals surface area contributed by atoms with Gasteiger partial charge in [0.05, 0.1) is 12.5 Å². The van der Waals surface area contributed by atoms with Gasteiger partial charge in [-0.05, 0) is 23.6 Å². The maximum atomic E-state index is 13.0. The number of aliphatic hydroxyl groups is 1. The Morgan fingerprint density at radius 1 is 1.40 bits per heavy atom. The monoisotopic (exact) mass is 282 g/mol. The zero-order chi connectivity index (χ0) is 15.3. The summed E-state index contributed by atoms with van der Waals surface area (Å²) < 4.78 is 13.0. The fraction of sp³-hybridized carbons (Fsp3) is 0.429. The summed E-state index contributed by atoms with van der Waals surface area (Å²) in [6, 6.07) is 4.59. The molecule has 5 nitrogen and oxygen atoms in total. The van der Waals surface area contributed by atoms with E-state index in [1.807, 2.05) is 0 Å². The Kier molecular flexibility index (Phi) is 5.64. The second-order valence-corrected chi connectivity index (χ2v) is 4.97. The van der Waals surface area contributed by atoms with Crippen molar-refractivity contribution in [2.75, 3.05) is 0 Å². The van der Waals surface area contributed by atoms with Crippen LogP contribution >= 0.6 is 0 Å². The zero-order valence-corrected chi connectivity index (χ0v) is 11.5. The van der Waals surface area contributed by atoms with Gasteiger partial charge in [-0.3, -0.25) is 9.59 Å². The van der Waals surface area contributed by atoms with Crippen molar-refractivity contribution in [3.8, 4) is 0 Å². The first-order valence-corrected chi connectivity index (χ1v) is 6.33. The Morgan fingerprint density at radius 3 is 2.55 bits per heavy atom. The molecule has 6 heteroatoms. The highest BCUT2D eigenvalue weighted by Gasteiger charge is 2.23. The van der Waals surface area contributed by atoms with Gasteiger partial charge >= 0.3 is 0 Å². The predicted molar refractivity (Wildman–Crippen MR) is 71.9 cm³/mol. The molecular formula is C14H19FN2O3. The van der Waals surface area contributed by atoms with E-state index in [0.717, 1.165) is 6.07 Å². The third-order valence-corrected chi connectivity index (χ3v) is 2.90. The molecule has 1 aromatic carbocycles. The van der Waals surface area contributed by atoms with Gasteiger partial charge in [-0.25, -0.2) is 4.39 Å². The highest BCUT2D eigenvalue weighted by atomic mass is 19.1. The van der Waals surface area contributed by atoms with E-state index in [9.17, 15) is 19.1 Å². The van der Waals surface area contributed by atoms with Crippen LogP contribution in [-0.2, 0) is 9.59 Å². The van der Waals surface area contributed by atoms with Crippen molar-refractivity contribution in [3.63, 3.8) is 0 Å². The number of primary amides is 1. The molecule has 2 unspecified atom stereocenters. The van der Waals surface area contributed by atoms with Crippen molar-refractivity contribution in [2.24, 2.45) is 11.7 Å². The van der Waals surface area contributed by atoms with E-state index >= 15 is 0 Å². The largest absolute Gasteiger partial charge is 0.388 e. The molecule has 0 bridgehead atoms. The average molecular weight is 282 g/mol. The highest BCUT2D eigenvalue weighted by molar-refractivity contribution is 5.86. The molecule has 1 aromatic rings. The smallest absolute Gasteiger partial charge is 0.240 e. The second kappa shape index (κ2) is 7.00. The highest BCUT2D eigenvalue weighted by Crippen LogP contribution is 2.17. The van der Waals surface area contributed by atoms with Crippen molar-refractivity contribution in [2.45, 2.75) is 32.4 Å². The van der Waals surface area contributed by atoms with Crippen LogP contribution in [0.5, 0.6) is 0 Å². The van der Waals surface area contributed by atoms with Gasteiger partial charge in [0, 0.05) is 0 Å². The van der Waals surface area contributed by atoms with Crippen LogP contribution < -0.4 is 11.1 Å². The van der Waals surface area contributed by atoms with E-state index in [1.54, 1.807) is 13.8 Å². The third kappa shape index (κ3) is 4.62. The molecule has 110 valence electrons. The lowest BCUT2D eigenvalue weighted by Gasteiger charge is -2.20. The van der Waals surface area contributed by atoms with Gasteiger partial charge in [-0.15, -0.1) is 0 Å². The number of carbonyl (C=O) groups excluding carboxylic acids is 2. The SMILES string of the molecule is CC(C)C(NC(=O)CC(O)c1cccc(F)c1)C(N)=O. The molecule has 1 rings (SSSR count). The number of halogens is 1. The van der Waals surface area contributed by atoms with E-state index in [1.165, 1.54) is 18.2 Å². The Morgan fingerprint density at radius 2 is 2.05 bits per heavy atom. The summed E-state index contributed by atoms with van der Waals surface area (Å²) in [7, 11) is 0. The minimum atomic E-state index is -1.13. The zero-order valence-electron chi connectivity index (χ0n) is 11.5. The molecule has 0 radical (unpaired) electrons. The molecule has 0 fully saturated rings. The van der Waals surface area contributed by atoms with Crippen molar-refractivity contribution in [1.29, 1.82) is 0 Å². The molecule has 0 aliphatic rings. The number of nitrogens with one attached hydrogen (secondary N) is 1. The molecule has 2 atom stereocenters. The van der Waals surface area contributed by atoms with Crippen LogP contribution in [0.2, 0.25) is 0 Å². The Labute approximate surface area is 117 Å². The van der Waals surface area contributed by atoms with E-state index in [0.29, 0.717) is 5.56 Å². The van der Waals surface area contributed by atoms with Crippen LogP contribution in [0.4, 0.5) is 4.39 Å². The van der Waals surface area contributed by atoms with Gasteiger partial charge in [0.1, 0.15) is 11.9 Å². The lowest BCUT2D eigenvalue weighted by atomic mass is 10.0. The van der Waals surface area contributed by atoms with E-state index in [-0.39, 0.29) is 12.3 Å². The minimum Gasteiger partial charge on any atom is -0.388 e. The molecule has 0 aliphatic carbocycles. The molecule has 0 aromatic heterocycles. The average Bonchev–Trinajstić information content (AvgIpc) is 2.35. The van der Waals surface area contributed by atoms with Gasteiger partial charge in [0.15, 0.2) is 0 Å². The van der Waals surface area contributed by atoms with E-state index < -0.39 is 29.8 Å². The maximum Gasteiger partial charge on any atom is 0.240 e. The Balaban J connectivity index is 2.64. The molecule has 0 aliphatic heterocycles. The van der Waals surface area contributed by atoms with Crippen molar-refractivity contribution in [3.05, 3.63) is 35.6 Å². The third-order valence-electron chi connectivity index (χ3n) is 2.90. The van der Waals surface area contributed by atoms with Crippen LogP contribution in [0.15, 0.2) is 24.3 Å². The van der Waals surface area contributed by atoms with Gasteiger partial charge in [0.2, 0.25) is 11.8 Å². The predicted octanol–water partition coefficient (Wildman–Crippen LogP) is 0.875. The molecule has 4 N–H and O–H groups in total. The van der Waals surface area contributed by atoms with Gasteiger partial charge in [-0.2, -0.15) is 0 Å². The summed E-state index contributed by atoms with van der Waals surface area (Å²) in [6.07, 6.45) is -1.40. The van der Waals surface area contributed by atoms with Gasteiger partial charge in [0.25, 0.3) is 0 Å². The second-order valence-electron chi connectivity index (χ2n) is 4.97. The van der Waals surface area contributed by atoms with Crippen LogP contribution in [-0.4, -0.2) is 23.0 Å². The first kappa shape index (κ1) is 16.1. The van der Waals surface area contributed by atoms with Crippen LogP contribution in [0.3, 0.4) is 0 Å². The van der Waals surface area contributed by atoms with Gasteiger partial charge < -0.3 is 16.2 Å². The van der Waals surface area contributed by atoms with Crippen LogP contribution in [0.25, 0.3) is 0 Å². The number of amides is 2. The Hall–Kier alpha value is -1.95. The van der Waals surface area contributed by atoms with E-state index in [2.05, 4.69) is 5.32 Å². The molecule has 0 saturated heterocycles. The summed E-state index contributed by atoms with van der Waals surface area (Å²) in [6.45, 7) is 3.50. The summed E-state index contributed by atoms with van der Waals surface area (Å²) in [5.41, 5.74) is 5.49. The van der Waals surface area contributed by atoms with Crippen LogP contribution in [0.1, 0.15) is 31.9 Å². The quantitative estimate of drug-likeness (QED) is 0.723. The number of nitrogens with two attached hydrogens (primary N) is 1. The molecule has 20 heavy (non-hydrogen) atoms. The number of carbonyl (C=O) groups is 2. The number of benzene rings is 1. The lowest BCUT2D eigenvalue weighted by molar-refractivity contribution is -0.129. The summed E-state index contributed by atoms with van der Waals surface area (Å²) >= 11 is 0. The van der Waals surface area contributed by atoms with Crippen LogP contribution in [0, 0.1) is 11.7 Å². The number of rotatable bonds is 6. The summed E-state index contributed by atoms with van der Waals surface area (Å²) in [5.74, 6) is -1.78. The standard InChI is InChI=1S/C14H19FN2O3/c1-8(2)13(14(16)20)17-12(19)7-11(18)9-4-3-5-10(15)6-9/h3-6,8,11,13,18H,7H2,1-2H3,(H2,16,20)(H,17,19).